The van der Waals surface area contributed by atoms with Gasteiger partial charge in [-0.05, 0) is 31.1 Å². The molecule has 1 aliphatic carbocycles. The Balaban J connectivity index is 2.14. The molecule has 4 heteroatoms. The Hall–Kier alpha value is -0.770. The van der Waals surface area contributed by atoms with Crippen molar-refractivity contribution in [3.63, 3.8) is 0 Å². The van der Waals surface area contributed by atoms with Crippen molar-refractivity contribution in [2.24, 2.45) is 16.3 Å². The van der Waals surface area contributed by atoms with Crippen LogP contribution in [0.4, 0.5) is 0 Å². The molecule has 0 unspecified atom stereocenters. The molecule has 1 aliphatic rings. The van der Waals surface area contributed by atoms with E-state index in [-0.39, 0.29) is 5.84 Å². The van der Waals surface area contributed by atoms with Crippen LogP contribution in [-0.2, 0) is 4.74 Å². The maximum atomic E-state index is 8.35. The Morgan fingerprint density at radius 2 is 2.07 bits per heavy atom. The summed E-state index contributed by atoms with van der Waals surface area (Å²) in [5, 5.41) is 11.3. The SMILES string of the molecule is CC1(C)CCC(OCCC(N)=NO)CC1. The van der Waals surface area contributed by atoms with Crippen molar-refractivity contribution < 1.29 is 9.94 Å². The second kappa shape index (κ2) is 5.35. The Labute approximate surface area is 91.5 Å². The minimum Gasteiger partial charge on any atom is -0.409 e. The molecule has 1 rings (SSSR count). The lowest BCUT2D eigenvalue weighted by atomic mass is 9.76. The van der Waals surface area contributed by atoms with E-state index in [9.17, 15) is 0 Å². The molecule has 0 heterocycles. The summed E-state index contributed by atoms with van der Waals surface area (Å²) >= 11 is 0. The third-order valence-corrected chi connectivity index (χ3v) is 3.13. The van der Waals surface area contributed by atoms with Crippen molar-refractivity contribution in [3.05, 3.63) is 0 Å². The Bertz CT molecular complexity index is 217. The van der Waals surface area contributed by atoms with E-state index in [2.05, 4.69) is 19.0 Å². The number of nitrogens with zero attached hydrogens (tertiary/aromatic N) is 1. The molecular formula is C11H22N2O2. The Kier molecular flexibility index (Phi) is 4.39. The zero-order valence-corrected chi connectivity index (χ0v) is 9.70. The van der Waals surface area contributed by atoms with Crippen molar-refractivity contribution in [2.45, 2.75) is 52.1 Å². The van der Waals surface area contributed by atoms with Crippen LogP contribution in [0.3, 0.4) is 0 Å². The van der Waals surface area contributed by atoms with E-state index in [0.29, 0.717) is 24.5 Å². The second-order valence-electron chi connectivity index (χ2n) is 5.08. The summed E-state index contributed by atoms with van der Waals surface area (Å²) in [7, 11) is 0. The molecule has 0 aromatic heterocycles. The molecule has 0 atom stereocenters. The van der Waals surface area contributed by atoms with E-state index in [1.165, 1.54) is 12.8 Å². The van der Waals surface area contributed by atoms with Gasteiger partial charge in [0.15, 0.2) is 0 Å². The van der Waals surface area contributed by atoms with Gasteiger partial charge in [0.05, 0.1) is 12.7 Å². The topological polar surface area (TPSA) is 67.8 Å². The quantitative estimate of drug-likeness (QED) is 0.326. The summed E-state index contributed by atoms with van der Waals surface area (Å²) in [6.45, 7) is 5.17. The number of hydrogen-bond acceptors (Lipinski definition) is 3. The molecule has 0 aliphatic heterocycles. The van der Waals surface area contributed by atoms with E-state index >= 15 is 0 Å². The van der Waals surface area contributed by atoms with Crippen molar-refractivity contribution >= 4 is 5.84 Å². The van der Waals surface area contributed by atoms with Gasteiger partial charge in [0.2, 0.25) is 0 Å². The van der Waals surface area contributed by atoms with Crippen molar-refractivity contribution in [3.8, 4) is 0 Å². The van der Waals surface area contributed by atoms with Crippen molar-refractivity contribution in [2.75, 3.05) is 6.61 Å². The zero-order chi connectivity index (χ0) is 11.3. The van der Waals surface area contributed by atoms with Crippen molar-refractivity contribution in [1.82, 2.24) is 0 Å². The minimum atomic E-state index is 0.242. The fourth-order valence-corrected chi connectivity index (χ4v) is 1.92. The van der Waals surface area contributed by atoms with Gasteiger partial charge in [0, 0.05) is 6.42 Å². The normalized spacial score (nSPS) is 22.9. The number of nitrogens with two attached hydrogens (primary N) is 1. The molecule has 88 valence electrons. The van der Waals surface area contributed by atoms with Gasteiger partial charge in [-0.3, -0.25) is 0 Å². The predicted octanol–water partition coefficient (Wildman–Crippen LogP) is 2.11. The number of rotatable bonds is 4. The van der Waals surface area contributed by atoms with Gasteiger partial charge in [-0.2, -0.15) is 0 Å². The van der Waals surface area contributed by atoms with Gasteiger partial charge in [-0.1, -0.05) is 19.0 Å². The fourth-order valence-electron chi connectivity index (χ4n) is 1.92. The summed E-state index contributed by atoms with van der Waals surface area (Å²) < 4.78 is 5.68. The first-order valence-corrected chi connectivity index (χ1v) is 5.61. The zero-order valence-electron chi connectivity index (χ0n) is 9.70. The summed E-state index contributed by atoms with van der Waals surface area (Å²) in [5.74, 6) is 0.242. The highest BCUT2D eigenvalue weighted by atomic mass is 16.5. The lowest BCUT2D eigenvalue weighted by Crippen LogP contribution is -2.27. The van der Waals surface area contributed by atoms with Crippen LogP contribution in [0.1, 0.15) is 46.0 Å². The van der Waals surface area contributed by atoms with Gasteiger partial charge in [0.1, 0.15) is 5.84 Å². The molecule has 0 spiro atoms. The van der Waals surface area contributed by atoms with Crippen molar-refractivity contribution in [1.29, 1.82) is 0 Å². The van der Waals surface area contributed by atoms with Gasteiger partial charge >= 0.3 is 0 Å². The number of ether oxygens (including phenoxy) is 1. The first-order valence-electron chi connectivity index (χ1n) is 5.61. The molecular weight excluding hydrogens is 192 g/mol. The highest BCUT2D eigenvalue weighted by Crippen LogP contribution is 2.36. The molecule has 1 saturated carbocycles. The lowest BCUT2D eigenvalue weighted by molar-refractivity contribution is 0.00757. The largest absolute Gasteiger partial charge is 0.409 e. The van der Waals surface area contributed by atoms with Crippen LogP contribution in [-0.4, -0.2) is 23.8 Å². The molecule has 0 aromatic rings. The third-order valence-electron chi connectivity index (χ3n) is 3.13. The van der Waals surface area contributed by atoms with E-state index in [1.807, 2.05) is 0 Å². The molecule has 0 saturated heterocycles. The summed E-state index contributed by atoms with van der Waals surface area (Å²) in [6.07, 6.45) is 5.58. The first-order chi connectivity index (χ1) is 7.03. The molecule has 0 aromatic carbocycles. The minimum absolute atomic E-state index is 0.242. The van der Waals surface area contributed by atoms with Crippen LogP contribution in [0.5, 0.6) is 0 Å². The molecule has 1 fully saturated rings. The van der Waals surface area contributed by atoms with Gasteiger partial charge < -0.3 is 15.7 Å². The van der Waals surface area contributed by atoms with Crippen LogP contribution in [0.2, 0.25) is 0 Å². The number of amidine groups is 1. The molecule has 4 nitrogen and oxygen atoms in total. The van der Waals surface area contributed by atoms with Gasteiger partial charge in [-0.25, -0.2) is 0 Å². The Morgan fingerprint density at radius 3 is 2.60 bits per heavy atom. The van der Waals surface area contributed by atoms with Crippen LogP contribution < -0.4 is 5.73 Å². The van der Waals surface area contributed by atoms with Gasteiger partial charge in [0.25, 0.3) is 0 Å². The smallest absolute Gasteiger partial charge is 0.141 e. The maximum absolute atomic E-state index is 8.35. The van der Waals surface area contributed by atoms with Gasteiger partial charge in [-0.15, -0.1) is 0 Å². The van der Waals surface area contributed by atoms with E-state index in [1.54, 1.807) is 0 Å². The highest BCUT2D eigenvalue weighted by molar-refractivity contribution is 5.79. The predicted molar refractivity (Wildman–Crippen MR) is 60.0 cm³/mol. The molecule has 3 N–H and O–H groups in total. The van der Waals surface area contributed by atoms with Crippen LogP contribution >= 0.6 is 0 Å². The maximum Gasteiger partial charge on any atom is 0.141 e. The summed E-state index contributed by atoms with van der Waals surface area (Å²) in [5.41, 5.74) is 5.83. The molecule has 15 heavy (non-hydrogen) atoms. The number of hydrogen-bond donors (Lipinski definition) is 2. The van der Waals surface area contributed by atoms with E-state index < -0.39 is 0 Å². The average Bonchev–Trinajstić information content (AvgIpc) is 2.20. The standard InChI is InChI=1S/C11H22N2O2/c1-11(2)6-3-9(4-7-11)15-8-5-10(12)13-14/h9,14H,3-8H2,1-2H3,(H2,12,13). The molecule has 0 radical (unpaired) electrons. The fraction of sp³-hybridized carbons (Fsp3) is 0.909. The number of oxime groups is 1. The van der Waals surface area contributed by atoms with Crippen LogP contribution in [0.15, 0.2) is 5.16 Å². The molecule has 0 amide bonds. The first kappa shape index (κ1) is 12.3. The Morgan fingerprint density at radius 1 is 1.47 bits per heavy atom. The van der Waals surface area contributed by atoms with Crippen LogP contribution in [0, 0.1) is 5.41 Å². The van der Waals surface area contributed by atoms with E-state index in [0.717, 1.165) is 12.8 Å². The summed E-state index contributed by atoms with van der Waals surface area (Å²) in [6, 6.07) is 0. The second-order valence-corrected chi connectivity index (χ2v) is 5.08. The summed E-state index contributed by atoms with van der Waals surface area (Å²) in [4.78, 5) is 0. The highest BCUT2D eigenvalue weighted by Gasteiger charge is 2.26. The molecule has 0 bridgehead atoms. The van der Waals surface area contributed by atoms with E-state index in [4.69, 9.17) is 15.7 Å². The third kappa shape index (κ3) is 4.51. The monoisotopic (exact) mass is 214 g/mol. The van der Waals surface area contributed by atoms with Crippen LogP contribution in [0.25, 0.3) is 0 Å². The average molecular weight is 214 g/mol. The lowest BCUT2D eigenvalue weighted by Gasteiger charge is -2.34.